The summed E-state index contributed by atoms with van der Waals surface area (Å²) in [6.45, 7) is 9.29. The Labute approximate surface area is 278 Å². The van der Waals surface area contributed by atoms with Crippen molar-refractivity contribution in [2.75, 3.05) is 26.2 Å². The molecule has 1 spiro atoms. The molecule has 0 bridgehead atoms. The smallest absolute Gasteiger partial charge is 0.250 e. The number of aliphatic hydroxyl groups is 1. The minimum Gasteiger partial charge on any atom is -0.471 e. The van der Waals surface area contributed by atoms with Gasteiger partial charge in [0.25, 0.3) is 5.91 Å². The minimum atomic E-state index is -0.914. The molecule has 4 atom stereocenters. The highest BCUT2D eigenvalue weighted by Gasteiger charge is 2.46. The van der Waals surface area contributed by atoms with Crippen LogP contribution in [0.1, 0.15) is 74.8 Å². The third-order valence-electron chi connectivity index (χ3n) is 9.63. The molecule has 2 aromatic carbocycles. The van der Waals surface area contributed by atoms with Crippen LogP contribution in [-0.2, 0) is 28.9 Å². The fourth-order valence-electron chi connectivity index (χ4n) is 7.03. The zero-order valence-electron chi connectivity index (χ0n) is 27.9. The molecule has 252 valence electrons. The van der Waals surface area contributed by atoms with Crippen molar-refractivity contribution >= 4 is 5.91 Å². The summed E-state index contributed by atoms with van der Waals surface area (Å²) in [7, 11) is 0. The minimum absolute atomic E-state index is 0.0449. The van der Waals surface area contributed by atoms with E-state index < -0.39 is 18.2 Å². The van der Waals surface area contributed by atoms with Gasteiger partial charge in [0.05, 0.1) is 18.8 Å². The average molecular weight is 645 g/mol. The van der Waals surface area contributed by atoms with Gasteiger partial charge in [0.1, 0.15) is 17.5 Å². The number of morpholine rings is 1. The zero-order valence-corrected chi connectivity index (χ0v) is 27.9. The monoisotopic (exact) mass is 644 g/mol. The van der Waals surface area contributed by atoms with Crippen LogP contribution in [0.4, 0.5) is 4.39 Å². The fraction of sp³-hybridized carbons (Fsp3) is 0.526. The van der Waals surface area contributed by atoms with Crippen molar-refractivity contribution in [3.63, 3.8) is 0 Å². The maximum atomic E-state index is 13.7. The van der Waals surface area contributed by atoms with Crippen LogP contribution in [0.5, 0.6) is 5.88 Å². The summed E-state index contributed by atoms with van der Waals surface area (Å²) in [4.78, 5) is 20.6. The van der Waals surface area contributed by atoms with E-state index in [-0.39, 0.29) is 35.3 Å². The SMILES string of the molecule is CC(C)(C)Cc1cnc2c(c1)[C@@H](NC[C@@H](O)[C@H](Cc1ccc(F)cc1)NC(=O)[C@H]1CN(Cc3ccccc3)CCO1)CC1(CCC1)O2. The van der Waals surface area contributed by atoms with E-state index in [1.54, 1.807) is 12.1 Å². The lowest BCUT2D eigenvalue weighted by molar-refractivity contribution is -0.140. The Kier molecular flexibility index (Phi) is 10.3. The second-order valence-corrected chi connectivity index (χ2v) is 14.9. The number of fused-ring (bicyclic) bond motifs is 1. The molecular formula is C38H49FN4O4. The summed E-state index contributed by atoms with van der Waals surface area (Å²) in [5, 5.41) is 18.4. The lowest BCUT2D eigenvalue weighted by atomic mass is 9.73. The van der Waals surface area contributed by atoms with Gasteiger partial charge in [0.2, 0.25) is 5.88 Å². The Hall–Kier alpha value is -3.37. The number of hydrogen-bond acceptors (Lipinski definition) is 7. The number of ether oxygens (including phenoxy) is 2. The van der Waals surface area contributed by atoms with Crippen LogP contribution in [0.3, 0.4) is 0 Å². The molecule has 1 saturated carbocycles. The summed E-state index contributed by atoms with van der Waals surface area (Å²) in [5.41, 5.74) is 4.08. The molecule has 3 heterocycles. The first-order valence-electron chi connectivity index (χ1n) is 17.1. The Morgan fingerprint density at radius 2 is 1.87 bits per heavy atom. The first-order valence-corrected chi connectivity index (χ1v) is 17.1. The third-order valence-corrected chi connectivity index (χ3v) is 9.63. The van der Waals surface area contributed by atoms with E-state index >= 15 is 0 Å². The molecule has 0 radical (unpaired) electrons. The number of nitrogens with one attached hydrogen (secondary N) is 2. The Morgan fingerprint density at radius 3 is 2.57 bits per heavy atom. The van der Waals surface area contributed by atoms with E-state index in [9.17, 15) is 14.3 Å². The summed E-state index contributed by atoms with van der Waals surface area (Å²) >= 11 is 0. The molecule has 2 aliphatic heterocycles. The first-order chi connectivity index (χ1) is 22.5. The standard InChI is InChI=1S/C38H49FN4O4/c1-37(2,3)20-28-18-30-32(21-38(14-7-15-38)47-36(30)41-22-28)40-23-33(44)31(19-26-10-12-29(39)13-11-26)42-35(45)34-25-43(16-17-46-34)24-27-8-5-4-6-9-27/h4-6,8-13,18,22,31-34,40,44H,7,14-17,19-21,23-25H2,1-3H3,(H,42,45)/t31-,32-,33+,34+/m0/s1. The van der Waals surface area contributed by atoms with Gasteiger partial charge in [-0.1, -0.05) is 63.2 Å². The van der Waals surface area contributed by atoms with Gasteiger partial charge in [-0.25, -0.2) is 9.37 Å². The maximum absolute atomic E-state index is 13.7. The van der Waals surface area contributed by atoms with Gasteiger partial charge in [0.15, 0.2) is 0 Å². The van der Waals surface area contributed by atoms with E-state index in [0.717, 1.165) is 61.9 Å². The number of halogens is 1. The number of carbonyl (C=O) groups is 1. The highest BCUT2D eigenvalue weighted by atomic mass is 19.1. The quantitative estimate of drug-likeness (QED) is 0.266. The number of amides is 1. The molecule has 3 aliphatic rings. The van der Waals surface area contributed by atoms with E-state index in [1.807, 2.05) is 24.4 Å². The van der Waals surface area contributed by atoms with Gasteiger partial charge in [-0.2, -0.15) is 0 Å². The number of carbonyl (C=O) groups excluding carboxylic acids is 1. The largest absolute Gasteiger partial charge is 0.471 e. The molecule has 1 saturated heterocycles. The van der Waals surface area contributed by atoms with Crippen molar-refractivity contribution in [1.82, 2.24) is 20.5 Å². The molecule has 1 aliphatic carbocycles. The van der Waals surface area contributed by atoms with Crippen LogP contribution in [0.15, 0.2) is 66.9 Å². The molecule has 8 nitrogen and oxygen atoms in total. The van der Waals surface area contributed by atoms with Crippen molar-refractivity contribution < 1.29 is 23.8 Å². The lowest BCUT2D eigenvalue weighted by Crippen LogP contribution is -2.56. The van der Waals surface area contributed by atoms with Crippen molar-refractivity contribution in [3.05, 3.63) is 94.9 Å². The van der Waals surface area contributed by atoms with Crippen molar-refractivity contribution in [2.45, 2.75) is 95.7 Å². The number of benzene rings is 2. The van der Waals surface area contributed by atoms with E-state index in [4.69, 9.17) is 14.5 Å². The predicted molar refractivity (Wildman–Crippen MR) is 179 cm³/mol. The van der Waals surface area contributed by atoms with Gasteiger partial charge in [0, 0.05) is 50.4 Å². The van der Waals surface area contributed by atoms with Crippen molar-refractivity contribution in [2.24, 2.45) is 5.41 Å². The molecule has 1 amide bonds. The summed E-state index contributed by atoms with van der Waals surface area (Å²) in [5.74, 6) is 0.0919. The first kappa shape index (κ1) is 33.5. The Bertz CT molecular complexity index is 1490. The number of hydrogen-bond donors (Lipinski definition) is 3. The highest BCUT2D eigenvalue weighted by molar-refractivity contribution is 5.81. The molecule has 3 N–H and O–H groups in total. The topological polar surface area (TPSA) is 96.0 Å². The summed E-state index contributed by atoms with van der Waals surface area (Å²) in [6.07, 6.45) is 5.51. The summed E-state index contributed by atoms with van der Waals surface area (Å²) in [6, 6.07) is 17.9. The third kappa shape index (κ3) is 8.76. The molecule has 6 rings (SSSR count). The van der Waals surface area contributed by atoms with Crippen LogP contribution >= 0.6 is 0 Å². The number of rotatable bonds is 11. The summed E-state index contributed by atoms with van der Waals surface area (Å²) < 4.78 is 26.1. The second kappa shape index (κ2) is 14.4. The average Bonchev–Trinajstić information content (AvgIpc) is 3.03. The van der Waals surface area contributed by atoms with Crippen molar-refractivity contribution in [1.29, 1.82) is 0 Å². The fourth-order valence-corrected chi connectivity index (χ4v) is 7.03. The van der Waals surface area contributed by atoms with Crippen LogP contribution in [-0.4, -0.2) is 71.0 Å². The van der Waals surface area contributed by atoms with Crippen LogP contribution < -0.4 is 15.4 Å². The van der Waals surface area contributed by atoms with Crippen LogP contribution in [0, 0.1) is 11.2 Å². The highest BCUT2D eigenvalue weighted by Crippen LogP contribution is 2.48. The zero-order chi connectivity index (χ0) is 33.0. The van der Waals surface area contributed by atoms with Gasteiger partial charge >= 0.3 is 0 Å². The number of aliphatic hydroxyl groups excluding tert-OH is 1. The van der Waals surface area contributed by atoms with Gasteiger partial charge in [-0.05, 0) is 72.4 Å². The number of aromatic nitrogens is 1. The van der Waals surface area contributed by atoms with E-state index in [1.165, 1.54) is 17.7 Å². The molecule has 9 heteroatoms. The maximum Gasteiger partial charge on any atom is 0.250 e. The molecule has 1 aromatic heterocycles. The van der Waals surface area contributed by atoms with Crippen molar-refractivity contribution in [3.8, 4) is 5.88 Å². The predicted octanol–water partition coefficient (Wildman–Crippen LogP) is 5.13. The van der Waals surface area contributed by atoms with E-state index in [2.05, 4.69) is 54.5 Å². The molecule has 47 heavy (non-hydrogen) atoms. The van der Waals surface area contributed by atoms with Gasteiger partial charge in [-0.15, -0.1) is 0 Å². The molecular weight excluding hydrogens is 595 g/mol. The Balaban J connectivity index is 1.15. The lowest BCUT2D eigenvalue weighted by Gasteiger charge is -2.47. The second-order valence-electron chi connectivity index (χ2n) is 14.9. The van der Waals surface area contributed by atoms with Gasteiger partial charge in [-0.3, -0.25) is 9.69 Å². The van der Waals surface area contributed by atoms with Crippen LogP contribution in [0.2, 0.25) is 0 Å². The number of nitrogens with zero attached hydrogens (tertiary/aromatic N) is 2. The number of pyridine rings is 1. The van der Waals surface area contributed by atoms with E-state index in [0.29, 0.717) is 25.5 Å². The molecule has 0 unspecified atom stereocenters. The van der Waals surface area contributed by atoms with Gasteiger partial charge < -0.3 is 25.2 Å². The molecule has 3 aromatic rings. The normalized spacial score (nSPS) is 22.1. The van der Waals surface area contributed by atoms with Crippen LogP contribution in [0.25, 0.3) is 0 Å². The Morgan fingerprint density at radius 1 is 1.11 bits per heavy atom. The molecule has 2 fully saturated rings.